The van der Waals surface area contributed by atoms with Crippen LogP contribution in [0.4, 0.5) is 0 Å². The minimum atomic E-state index is -0.0681. The number of halogens is 1. The van der Waals surface area contributed by atoms with Crippen LogP contribution in [0.1, 0.15) is 23.2 Å². The SMILES string of the molecule is O=C(N[C@@H]1CCCN(C(=O)CCl)C1)c1ccsc1. The van der Waals surface area contributed by atoms with Crippen LogP contribution in [0.5, 0.6) is 0 Å². The van der Waals surface area contributed by atoms with Gasteiger partial charge in [0.15, 0.2) is 0 Å². The van der Waals surface area contributed by atoms with Crippen LogP contribution in [-0.2, 0) is 4.79 Å². The fourth-order valence-electron chi connectivity index (χ4n) is 2.07. The van der Waals surface area contributed by atoms with Gasteiger partial charge in [0, 0.05) is 30.1 Å². The number of amides is 2. The maximum atomic E-state index is 11.9. The largest absolute Gasteiger partial charge is 0.347 e. The van der Waals surface area contributed by atoms with Crippen molar-refractivity contribution in [2.24, 2.45) is 0 Å². The molecule has 98 valence electrons. The van der Waals surface area contributed by atoms with Crippen LogP contribution in [0.2, 0.25) is 0 Å². The Labute approximate surface area is 115 Å². The lowest BCUT2D eigenvalue weighted by Crippen LogP contribution is -2.49. The molecule has 0 aromatic carbocycles. The highest BCUT2D eigenvalue weighted by Crippen LogP contribution is 2.12. The third kappa shape index (κ3) is 3.23. The van der Waals surface area contributed by atoms with Crippen molar-refractivity contribution in [2.75, 3.05) is 19.0 Å². The monoisotopic (exact) mass is 286 g/mol. The molecule has 6 heteroatoms. The van der Waals surface area contributed by atoms with E-state index in [-0.39, 0.29) is 23.7 Å². The van der Waals surface area contributed by atoms with E-state index in [1.54, 1.807) is 11.0 Å². The first kappa shape index (κ1) is 13.4. The lowest BCUT2D eigenvalue weighted by Gasteiger charge is -2.32. The summed E-state index contributed by atoms with van der Waals surface area (Å²) in [5.74, 6) is -0.127. The Bertz CT molecular complexity index is 422. The number of nitrogens with one attached hydrogen (secondary N) is 1. The summed E-state index contributed by atoms with van der Waals surface area (Å²) in [7, 11) is 0. The average molecular weight is 287 g/mol. The van der Waals surface area contributed by atoms with Gasteiger partial charge in [0.05, 0.1) is 0 Å². The molecule has 4 nitrogen and oxygen atoms in total. The number of carbonyl (C=O) groups excluding carboxylic acids is 2. The van der Waals surface area contributed by atoms with Crippen molar-refractivity contribution >= 4 is 34.8 Å². The molecule has 18 heavy (non-hydrogen) atoms. The minimum Gasteiger partial charge on any atom is -0.347 e. The molecule has 2 rings (SSSR count). The van der Waals surface area contributed by atoms with Gasteiger partial charge in [0.1, 0.15) is 5.88 Å². The molecule has 1 aliphatic heterocycles. The summed E-state index contributed by atoms with van der Waals surface area (Å²) in [4.78, 5) is 25.1. The molecule has 1 fully saturated rings. The predicted molar refractivity (Wildman–Crippen MR) is 72.1 cm³/mol. The molecular formula is C12H15ClN2O2S. The zero-order valence-corrected chi connectivity index (χ0v) is 11.5. The molecule has 2 amide bonds. The predicted octanol–water partition coefficient (Wildman–Crippen LogP) is 1.71. The number of rotatable bonds is 3. The molecule has 1 aromatic heterocycles. The zero-order valence-electron chi connectivity index (χ0n) is 9.89. The van der Waals surface area contributed by atoms with E-state index in [0.717, 1.165) is 19.4 Å². The summed E-state index contributed by atoms with van der Waals surface area (Å²) in [6.07, 6.45) is 1.80. The molecule has 1 N–H and O–H groups in total. The number of hydrogen-bond acceptors (Lipinski definition) is 3. The van der Waals surface area contributed by atoms with E-state index in [9.17, 15) is 9.59 Å². The number of carbonyl (C=O) groups is 2. The molecule has 0 saturated carbocycles. The number of piperidine rings is 1. The fraction of sp³-hybridized carbons (Fsp3) is 0.500. The molecule has 0 bridgehead atoms. The number of alkyl halides is 1. The van der Waals surface area contributed by atoms with E-state index < -0.39 is 0 Å². The smallest absolute Gasteiger partial charge is 0.252 e. The molecule has 0 radical (unpaired) electrons. The Morgan fingerprint density at radius 3 is 3.06 bits per heavy atom. The van der Waals surface area contributed by atoms with Gasteiger partial charge in [-0.3, -0.25) is 9.59 Å². The third-order valence-corrected chi connectivity index (χ3v) is 3.92. The highest BCUT2D eigenvalue weighted by atomic mass is 35.5. The van der Waals surface area contributed by atoms with Crippen molar-refractivity contribution in [3.05, 3.63) is 22.4 Å². The molecule has 2 heterocycles. The van der Waals surface area contributed by atoms with Gasteiger partial charge in [-0.25, -0.2) is 0 Å². The summed E-state index contributed by atoms with van der Waals surface area (Å²) >= 11 is 7.04. The Hall–Kier alpha value is -1.07. The van der Waals surface area contributed by atoms with Gasteiger partial charge in [-0.1, -0.05) is 0 Å². The summed E-state index contributed by atoms with van der Waals surface area (Å²) in [5, 5.41) is 6.65. The standard InChI is InChI=1S/C12H15ClN2O2S/c13-6-11(16)15-4-1-2-10(7-15)14-12(17)9-3-5-18-8-9/h3,5,8,10H,1-2,4,6-7H2,(H,14,17)/t10-/m1/s1. The number of likely N-dealkylation sites (tertiary alicyclic amines) is 1. The van der Waals surface area contributed by atoms with E-state index in [2.05, 4.69) is 5.32 Å². The Kier molecular flexibility index (Phi) is 4.60. The quantitative estimate of drug-likeness (QED) is 0.860. The number of nitrogens with zero attached hydrogens (tertiary/aromatic N) is 1. The Morgan fingerprint density at radius 1 is 1.56 bits per heavy atom. The second kappa shape index (κ2) is 6.20. The van der Waals surface area contributed by atoms with Gasteiger partial charge >= 0.3 is 0 Å². The third-order valence-electron chi connectivity index (χ3n) is 3.01. The van der Waals surface area contributed by atoms with Crippen molar-refractivity contribution in [1.29, 1.82) is 0 Å². The highest BCUT2D eigenvalue weighted by molar-refractivity contribution is 7.08. The van der Waals surface area contributed by atoms with Crippen LogP contribution in [0.15, 0.2) is 16.8 Å². The van der Waals surface area contributed by atoms with Crippen molar-refractivity contribution in [1.82, 2.24) is 10.2 Å². The lowest BCUT2D eigenvalue weighted by atomic mass is 10.1. The van der Waals surface area contributed by atoms with Crippen LogP contribution in [0, 0.1) is 0 Å². The lowest BCUT2D eigenvalue weighted by molar-refractivity contribution is -0.129. The molecular weight excluding hydrogens is 272 g/mol. The van der Waals surface area contributed by atoms with Crippen molar-refractivity contribution in [3.8, 4) is 0 Å². The van der Waals surface area contributed by atoms with E-state index in [0.29, 0.717) is 12.1 Å². The van der Waals surface area contributed by atoms with Crippen molar-refractivity contribution in [2.45, 2.75) is 18.9 Å². The van der Waals surface area contributed by atoms with Gasteiger partial charge in [-0.15, -0.1) is 11.6 Å². The Balaban J connectivity index is 1.90. The fourth-order valence-corrected chi connectivity index (χ4v) is 2.87. The summed E-state index contributed by atoms with van der Waals surface area (Å²) in [5.41, 5.74) is 0.681. The number of hydrogen-bond donors (Lipinski definition) is 1. The van der Waals surface area contributed by atoms with Crippen LogP contribution in [0.25, 0.3) is 0 Å². The summed E-state index contributed by atoms with van der Waals surface area (Å²) in [6, 6.07) is 1.82. The molecule has 1 aliphatic rings. The molecule has 0 spiro atoms. The van der Waals surface area contributed by atoms with E-state index in [1.165, 1.54) is 11.3 Å². The summed E-state index contributed by atoms with van der Waals surface area (Å²) < 4.78 is 0. The van der Waals surface area contributed by atoms with Gasteiger partial charge < -0.3 is 10.2 Å². The first-order valence-corrected chi connectivity index (χ1v) is 7.35. The van der Waals surface area contributed by atoms with Crippen LogP contribution in [0.3, 0.4) is 0 Å². The first-order chi connectivity index (χ1) is 8.70. The van der Waals surface area contributed by atoms with Gasteiger partial charge in [-0.05, 0) is 24.3 Å². The molecule has 0 unspecified atom stereocenters. The van der Waals surface area contributed by atoms with Gasteiger partial charge in [0.25, 0.3) is 5.91 Å². The van der Waals surface area contributed by atoms with E-state index >= 15 is 0 Å². The van der Waals surface area contributed by atoms with Crippen molar-refractivity contribution in [3.63, 3.8) is 0 Å². The maximum Gasteiger partial charge on any atom is 0.252 e. The van der Waals surface area contributed by atoms with Crippen LogP contribution < -0.4 is 5.32 Å². The second-order valence-electron chi connectivity index (χ2n) is 4.30. The first-order valence-electron chi connectivity index (χ1n) is 5.87. The number of thiophene rings is 1. The summed E-state index contributed by atoms with van der Waals surface area (Å²) in [6.45, 7) is 1.29. The van der Waals surface area contributed by atoms with Gasteiger partial charge in [-0.2, -0.15) is 11.3 Å². The van der Waals surface area contributed by atoms with E-state index in [4.69, 9.17) is 11.6 Å². The Morgan fingerprint density at radius 2 is 2.39 bits per heavy atom. The van der Waals surface area contributed by atoms with Crippen molar-refractivity contribution < 1.29 is 9.59 Å². The topological polar surface area (TPSA) is 49.4 Å². The van der Waals surface area contributed by atoms with Crippen LogP contribution in [-0.4, -0.2) is 41.7 Å². The second-order valence-corrected chi connectivity index (χ2v) is 5.35. The average Bonchev–Trinajstić information content (AvgIpc) is 2.92. The van der Waals surface area contributed by atoms with Crippen LogP contribution >= 0.6 is 22.9 Å². The normalized spacial score (nSPS) is 19.6. The zero-order chi connectivity index (χ0) is 13.0. The van der Waals surface area contributed by atoms with E-state index in [1.807, 2.05) is 10.8 Å². The molecule has 1 aromatic rings. The highest BCUT2D eigenvalue weighted by Gasteiger charge is 2.24. The maximum absolute atomic E-state index is 11.9. The molecule has 1 atom stereocenters. The molecule has 1 saturated heterocycles. The van der Waals surface area contributed by atoms with Gasteiger partial charge in [0.2, 0.25) is 5.91 Å². The minimum absolute atomic E-state index is 0.00516. The molecule has 0 aliphatic carbocycles.